The molecule has 1 heterocycles. The highest BCUT2D eigenvalue weighted by atomic mass is 16.5. The minimum Gasteiger partial charge on any atom is -0.493 e. The van der Waals surface area contributed by atoms with Crippen molar-refractivity contribution in [2.24, 2.45) is 12.8 Å². The van der Waals surface area contributed by atoms with E-state index >= 15 is 0 Å². The highest BCUT2D eigenvalue weighted by molar-refractivity contribution is 5.46. The van der Waals surface area contributed by atoms with Crippen LogP contribution in [-0.2, 0) is 20.1 Å². The molecule has 0 spiro atoms. The second-order valence-electron chi connectivity index (χ2n) is 4.26. The molecule has 0 unspecified atom stereocenters. The van der Waals surface area contributed by atoms with E-state index in [2.05, 4.69) is 5.10 Å². The summed E-state index contributed by atoms with van der Waals surface area (Å²) in [5.41, 5.74) is 7.55. The minimum absolute atomic E-state index is 0.415. The van der Waals surface area contributed by atoms with Crippen molar-refractivity contribution in [2.45, 2.75) is 13.0 Å². The number of rotatable bonds is 6. The number of methoxy groups -OCH3 is 1. The van der Waals surface area contributed by atoms with Gasteiger partial charge in [-0.15, -0.1) is 0 Å². The summed E-state index contributed by atoms with van der Waals surface area (Å²) < 4.78 is 12.9. The Bertz CT molecular complexity index is 537. The zero-order valence-corrected chi connectivity index (χ0v) is 11.3. The molecule has 0 bridgehead atoms. The Kier molecular flexibility index (Phi) is 4.41. The topological polar surface area (TPSA) is 62.3 Å². The number of benzene rings is 1. The summed E-state index contributed by atoms with van der Waals surface area (Å²) in [6.07, 6.45) is 2.65. The number of nitrogens with two attached hydrogens (primary N) is 1. The van der Waals surface area contributed by atoms with Crippen molar-refractivity contribution < 1.29 is 9.47 Å². The van der Waals surface area contributed by atoms with Gasteiger partial charge in [0.25, 0.3) is 0 Å². The highest BCUT2D eigenvalue weighted by Crippen LogP contribution is 2.31. The third-order valence-corrected chi connectivity index (χ3v) is 2.83. The molecule has 2 N–H and O–H groups in total. The second-order valence-corrected chi connectivity index (χ2v) is 4.26. The first-order valence-electron chi connectivity index (χ1n) is 6.22. The Hall–Kier alpha value is -2.01. The van der Waals surface area contributed by atoms with Crippen molar-refractivity contribution in [2.75, 3.05) is 13.7 Å². The van der Waals surface area contributed by atoms with E-state index < -0.39 is 0 Å². The molecule has 0 radical (unpaired) electrons. The monoisotopic (exact) mass is 261 g/mol. The average molecular weight is 261 g/mol. The Balaban J connectivity index is 2.17. The van der Waals surface area contributed by atoms with Crippen molar-refractivity contribution in [3.05, 3.63) is 41.7 Å². The van der Waals surface area contributed by atoms with Crippen LogP contribution in [0.1, 0.15) is 11.3 Å². The van der Waals surface area contributed by atoms with Gasteiger partial charge in [0.2, 0.25) is 0 Å². The van der Waals surface area contributed by atoms with Crippen LogP contribution in [0.15, 0.2) is 30.5 Å². The lowest BCUT2D eigenvalue weighted by Crippen LogP contribution is -2.07. The van der Waals surface area contributed by atoms with E-state index in [-0.39, 0.29) is 0 Å². The summed E-state index contributed by atoms with van der Waals surface area (Å²) >= 11 is 0. The van der Waals surface area contributed by atoms with Crippen LogP contribution in [0.4, 0.5) is 0 Å². The fourth-order valence-corrected chi connectivity index (χ4v) is 1.92. The Morgan fingerprint density at radius 1 is 1.32 bits per heavy atom. The summed E-state index contributed by atoms with van der Waals surface area (Å²) in [6, 6.07) is 7.76. The van der Waals surface area contributed by atoms with E-state index in [1.165, 1.54) is 0 Å². The summed E-state index contributed by atoms with van der Waals surface area (Å²) in [5, 5.41) is 4.28. The first-order chi connectivity index (χ1) is 9.24. The standard InChI is InChI=1S/C14H19N3O2/c1-17-9-7-12(16-17)10-19-14-11(6-8-15)4-3-5-13(14)18-2/h3-5,7,9H,6,8,10,15H2,1-2H3. The molecule has 2 rings (SSSR count). The Morgan fingerprint density at radius 2 is 2.16 bits per heavy atom. The second kappa shape index (κ2) is 6.24. The van der Waals surface area contributed by atoms with Crippen LogP contribution in [0.25, 0.3) is 0 Å². The van der Waals surface area contributed by atoms with Gasteiger partial charge in [-0.05, 0) is 30.7 Å². The lowest BCUT2D eigenvalue weighted by Gasteiger charge is -2.14. The van der Waals surface area contributed by atoms with Gasteiger partial charge in [-0.3, -0.25) is 4.68 Å². The molecule has 19 heavy (non-hydrogen) atoms. The fraction of sp³-hybridized carbons (Fsp3) is 0.357. The quantitative estimate of drug-likeness (QED) is 0.856. The average Bonchev–Trinajstić information content (AvgIpc) is 2.83. The SMILES string of the molecule is COc1cccc(CCN)c1OCc1ccn(C)n1. The first kappa shape index (κ1) is 13.4. The van der Waals surface area contributed by atoms with Gasteiger partial charge in [0.05, 0.1) is 12.8 Å². The molecule has 0 saturated heterocycles. The lowest BCUT2D eigenvalue weighted by molar-refractivity contribution is 0.277. The van der Waals surface area contributed by atoms with Crippen LogP contribution in [0.5, 0.6) is 11.5 Å². The molecule has 0 amide bonds. The maximum Gasteiger partial charge on any atom is 0.164 e. The highest BCUT2D eigenvalue weighted by Gasteiger charge is 2.10. The number of nitrogens with zero attached hydrogens (tertiary/aromatic N) is 2. The van der Waals surface area contributed by atoms with E-state index in [0.717, 1.165) is 29.2 Å². The molecule has 0 aliphatic rings. The van der Waals surface area contributed by atoms with Gasteiger partial charge in [0.15, 0.2) is 11.5 Å². The van der Waals surface area contributed by atoms with Crippen LogP contribution in [0.2, 0.25) is 0 Å². The number of para-hydroxylation sites is 1. The van der Waals surface area contributed by atoms with Gasteiger partial charge < -0.3 is 15.2 Å². The van der Waals surface area contributed by atoms with Crippen molar-refractivity contribution in [3.8, 4) is 11.5 Å². The molecule has 0 aliphatic heterocycles. The molecule has 0 saturated carbocycles. The Morgan fingerprint density at radius 3 is 2.79 bits per heavy atom. The third-order valence-electron chi connectivity index (χ3n) is 2.83. The molecular formula is C14H19N3O2. The van der Waals surface area contributed by atoms with E-state index in [1.807, 2.05) is 37.5 Å². The van der Waals surface area contributed by atoms with Gasteiger partial charge in [0.1, 0.15) is 6.61 Å². The zero-order valence-electron chi connectivity index (χ0n) is 11.3. The van der Waals surface area contributed by atoms with Crippen LogP contribution in [-0.4, -0.2) is 23.4 Å². The van der Waals surface area contributed by atoms with Crippen molar-refractivity contribution in [1.29, 1.82) is 0 Å². The summed E-state index contributed by atoms with van der Waals surface area (Å²) in [7, 11) is 3.52. The number of hydrogen-bond acceptors (Lipinski definition) is 4. The van der Waals surface area contributed by atoms with Gasteiger partial charge in [-0.1, -0.05) is 12.1 Å². The molecule has 0 aliphatic carbocycles. The summed E-state index contributed by atoms with van der Waals surface area (Å²) in [6.45, 7) is 0.992. The molecule has 0 atom stereocenters. The van der Waals surface area contributed by atoms with E-state index in [0.29, 0.717) is 13.2 Å². The third kappa shape index (κ3) is 3.26. The predicted molar refractivity (Wildman–Crippen MR) is 73.3 cm³/mol. The summed E-state index contributed by atoms with van der Waals surface area (Å²) in [4.78, 5) is 0. The van der Waals surface area contributed by atoms with Crippen LogP contribution in [0.3, 0.4) is 0 Å². The van der Waals surface area contributed by atoms with Crippen LogP contribution in [0, 0.1) is 0 Å². The van der Waals surface area contributed by atoms with Crippen LogP contribution >= 0.6 is 0 Å². The number of aromatic nitrogens is 2. The van der Waals surface area contributed by atoms with Crippen molar-refractivity contribution in [3.63, 3.8) is 0 Å². The number of ether oxygens (including phenoxy) is 2. The number of aryl methyl sites for hydroxylation is 1. The smallest absolute Gasteiger partial charge is 0.164 e. The maximum absolute atomic E-state index is 5.85. The zero-order chi connectivity index (χ0) is 13.7. The molecule has 2 aromatic rings. The first-order valence-corrected chi connectivity index (χ1v) is 6.22. The molecule has 102 valence electrons. The van der Waals surface area contributed by atoms with Gasteiger partial charge in [0, 0.05) is 13.2 Å². The normalized spacial score (nSPS) is 10.5. The summed E-state index contributed by atoms with van der Waals surface area (Å²) in [5.74, 6) is 1.47. The fourth-order valence-electron chi connectivity index (χ4n) is 1.92. The minimum atomic E-state index is 0.415. The van der Waals surface area contributed by atoms with Gasteiger partial charge in [-0.2, -0.15) is 5.10 Å². The van der Waals surface area contributed by atoms with E-state index in [1.54, 1.807) is 11.8 Å². The van der Waals surface area contributed by atoms with Crippen molar-refractivity contribution in [1.82, 2.24) is 9.78 Å². The maximum atomic E-state index is 5.85. The largest absolute Gasteiger partial charge is 0.493 e. The Labute approximate surface area is 112 Å². The molecular weight excluding hydrogens is 242 g/mol. The number of hydrogen-bond donors (Lipinski definition) is 1. The molecule has 1 aromatic heterocycles. The van der Waals surface area contributed by atoms with Crippen LogP contribution < -0.4 is 15.2 Å². The van der Waals surface area contributed by atoms with E-state index in [9.17, 15) is 0 Å². The lowest BCUT2D eigenvalue weighted by atomic mass is 10.1. The molecule has 5 heteroatoms. The molecule has 0 fully saturated rings. The van der Waals surface area contributed by atoms with E-state index in [4.69, 9.17) is 15.2 Å². The van der Waals surface area contributed by atoms with Gasteiger partial charge in [-0.25, -0.2) is 0 Å². The molecule has 1 aromatic carbocycles. The predicted octanol–water partition coefficient (Wildman–Crippen LogP) is 1.51. The molecule has 5 nitrogen and oxygen atoms in total. The van der Waals surface area contributed by atoms with Gasteiger partial charge >= 0.3 is 0 Å². The van der Waals surface area contributed by atoms with Crippen molar-refractivity contribution >= 4 is 0 Å².